The highest BCUT2D eigenvalue weighted by Crippen LogP contribution is 2.35. The second kappa shape index (κ2) is 14.1. The molecule has 2 saturated heterocycles. The number of alkyl halides is 3. The van der Waals surface area contributed by atoms with Crippen molar-refractivity contribution in [3.8, 4) is 0 Å². The Hall–Kier alpha value is -3.51. The quantitative estimate of drug-likeness (QED) is 0.466. The predicted molar refractivity (Wildman–Crippen MR) is 157 cm³/mol. The monoisotopic (exact) mass is 615 g/mol. The van der Waals surface area contributed by atoms with Crippen LogP contribution in [0.25, 0.3) is 0 Å². The number of nitrogens with zero attached hydrogens (tertiary/aromatic N) is 3. The van der Waals surface area contributed by atoms with Gasteiger partial charge in [-0.3, -0.25) is 24.3 Å². The van der Waals surface area contributed by atoms with Gasteiger partial charge in [-0.05, 0) is 75.3 Å². The summed E-state index contributed by atoms with van der Waals surface area (Å²) in [6.07, 6.45) is 3.95. The minimum atomic E-state index is -4.55. The second-order valence-corrected chi connectivity index (χ2v) is 12.0. The summed E-state index contributed by atoms with van der Waals surface area (Å²) in [7, 11) is 1.71. The molecule has 0 unspecified atom stereocenters. The van der Waals surface area contributed by atoms with Gasteiger partial charge in [0.15, 0.2) is 0 Å². The lowest BCUT2D eigenvalue weighted by molar-refractivity contribution is -0.137. The van der Waals surface area contributed by atoms with Gasteiger partial charge in [0.1, 0.15) is 0 Å². The molecule has 1 aromatic heterocycles. The first kappa shape index (κ1) is 31.9. The number of aromatic nitrogens is 1. The molecule has 2 aromatic rings. The molecule has 5 rings (SSSR count). The third kappa shape index (κ3) is 7.95. The fraction of sp³-hybridized carbons (Fsp3) is 0.562. The molecule has 2 N–H and O–H groups in total. The minimum Gasteiger partial charge on any atom is -0.381 e. The van der Waals surface area contributed by atoms with Crippen molar-refractivity contribution in [2.75, 3.05) is 39.8 Å². The molecule has 0 spiro atoms. The molecule has 238 valence electrons. The number of ether oxygens (including phenoxy) is 1. The van der Waals surface area contributed by atoms with Crippen LogP contribution in [-0.4, -0.2) is 90.5 Å². The Morgan fingerprint density at radius 2 is 1.70 bits per heavy atom. The maximum Gasteiger partial charge on any atom is 0.416 e. The van der Waals surface area contributed by atoms with Crippen LogP contribution in [-0.2, 0) is 15.7 Å². The topological polar surface area (TPSA) is 104 Å². The number of likely N-dealkylation sites (tertiary alicyclic amines) is 2. The van der Waals surface area contributed by atoms with E-state index in [0.29, 0.717) is 30.6 Å². The van der Waals surface area contributed by atoms with E-state index in [1.165, 1.54) is 12.1 Å². The van der Waals surface area contributed by atoms with Crippen molar-refractivity contribution in [3.05, 3.63) is 65.0 Å². The normalized spacial score (nSPS) is 23.4. The Bertz CT molecular complexity index is 1310. The van der Waals surface area contributed by atoms with Crippen LogP contribution in [0.3, 0.4) is 0 Å². The summed E-state index contributed by atoms with van der Waals surface area (Å²) in [6, 6.07) is 8.39. The highest BCUT2D eigenvalue weighted by Gasteiger charge is 2.33. The highest BCUT2D eigenvalue weighted by molar-refractivity contribution is 5.96. The molecule has 1 saturated carbocycles. The Balaban J connectivity index is 1.02. The maximum atomic E-state index is 12.9. The summed E-state index contributed by atoms with van der Waals surface area (Å²) >= 11 is 0. The molecule has 2 aliphatic heterocycles. The fourth-order valence-electron chi connectivity index (χ4n) is 6.60. The lowest BCUT2D eigenvalue weighted by Crippen LogP contribution is -2.44. The van der Waals surface area contributed by atoms with Crippen LogP contribution in [0, 0.1) is 0 Å². The van der Waals surface area contributed by atoms with Gasteiger partial charge >= 0.3 is 6.18 Å². The lowest BCUT2D eigenvalue weighted by Gasteiger charge is -2.34. The summed E-state index contributed by atoms with van der Waals surface area (Å²) in [4.78, 5) is 46.6. The van der Waals surface area contributed by atoms with Crippen molar-refractivity contribution < 1.29 is 32.3 Å². The van der Waals surface area contributed by atoms with E-state index in [1.807, 2.05) is 17.0 Å². The highest BCUT2D eigenvalue weighted by atomic mass is 19.4. The number of hydrogen-bond donors (Lipinski definition) is 2. The van der Waals surface area contributed by atoms with Crippen molar-refractivity contribution in [1.82, 2.24) is 25.4 Å². The van der Waals surface area contributed by atoms with E-state index in [9.17, 15) is 27.6 Å². The molecular formula is C32H40F3N5O4. The van der Waals surface area contributed by atoms with Crippen LogP contribution in [0.15, 0.2) is 42.6 Å². The van der Waals surface area contributed by atoms with Gasteiger partial charge < -0.3 is 20.3 Å². The van der Waals surface area contributed by atoms with E-state index in [-0.39, 0.29) is 36.1 Å². The number of carbonyl (C=O) groups excluding carboxylic acids is 3. The first-order valence-corrected chi connectivity index (χ1v) is 15.4. The zero-order valence-electron chi connectivity index (χ0n) is 24.9. The van der Waals surface area contributed by atoms with Crippen LogP contribution >= 0.6 is 0 Å². The number of benzene rings is 1. The molecule has 3 heterocycles. The number of hydrogen-bond acceptors (Lipinski definition) is 6. The predicted octanol–water partition coefficient (Wildman–Crippen LogP) is 4.00. The smallest absolute Gasteiger partial charge is 0.381 e. The zero-order chi connectivity index (χ0) is 31.3. The number of rotatable bonds is 8. The van der Waals surface area contributed by atoms with Crippen LogP contribution < -0.4 is 10.6 Å². The fourth-order valence-corrected chi connectivity index (χ4v) is 6.60. The van der Waals surface area contributed by atoms with Crippen molar-refractivity contribution in [2.45, 2.75) is 75.2 Å². The van der Waals surface area contributed by atoms with Gasteiger partial charge in [-0.2, -0.15) is 13.2 Å². The summed E-state index contributed by atoms with van der Waals surface area (Å²) in [5.41, 5.74) is 0.592. The van der Waals surface area contributed by atoms with E-state index in [0.717, 1.165) is 75.9 Å². The number of carbonyl (C=O) groups is 3. The Morgan fingerprint density at radius 1 is 0.955 bits per heavy atom. The first-order valence-electron chi connectivity index (χ1n) is 15.4. The molecule has 12 heteroatoms. The number of nitrogens with one attached hydrogen (secondary N) is 2. The third-order valence-corrected chi connectivity index (χ3v) is 9.17. The second-order valence-electron chi connectivity index (χ2n) is 12.0. The molecule has 1 aromatic carbocycles. The average Bonchev–Trinajstić information content (AvgIpc) is 3.51. The number of amides is 3. The van der Waals surface area contributed by atoms with Crippen molar-refractivity contribution in [2.24, 2.45) is 0 Å². The largest absolute Gasteiger partial charge is 0.416 e. The molecule has 44 heavy (non-hydrogen) atoms. The summed E-state index contributed by atoms with van der Waals surface area (Å²) in [5.74, 6) is -0.717. The first-order chi connectivity index (χ1) is 21.1. The maximum absolute atomic E-state index is 12.9. The molecule has 0 bridgehead atoms. The SMILES string of the molecule is COC1CCN(C(=O)c2ccc(C3CCC(N4CC[C@@H](NC(=O)CNC(=O)c5cccc(C(F)(F)F)c5)C4)CC3)nc2)CC1. The molecule has 1 atom stereocenters. The van der Waals surface area contributed by atoms with Gasteiger partial charge in [0.05, 0.1) is 23.8 Å². The van der Waals surface area contributed by atoms with Crippen molar-refractivity contribution in [3.63, 3.8) is 0 Å². The van der Waals surface area contributed by atoms with E-state index in [4.69, 9.17) is 4.74 Å². The van der Waals surface area contributed by atoms with Crippen LogP contribution in [0.1, 0.15) is 82.8 Å². The Morgan fingerprint density at radius 3 is 2.36 bits per heavy atom. The Kier molecular flexibility index (Phi) is 10.2. The molecule has 0 radical (unpaired) electrons. The summed E-state index contributed by atoms with van der Waals surface area (Å²) in [6.45, 7) is 2.68. The van der Waals surface area contributed by atoms with E-state index >= 15 is 0 Å². The zero-order valence-corrected chi connectivity index (χ0v) is 24.9. The van der Waals surface area contributed by atoms with Crippen molar-refractivity contribution in [1.29, 1.82) is 0 Å². The Labute approximate surface area is 255 Å². The van der Waals surface area contributed by atoms with Gasteiger partial charge in [-0.15, -0.1) is 0 Å². The third-order valence-electron chi connectivity index (χ3n) is 9.17. The minimum absolute atomic E-state index is 0.0242. The van der Waals surface area contributed by atoms with Gasteiger partial charge in [0, 0.05) is 68.7 Å². The average molecular weight is 616 g/mol. The molecule has 1 aliphatic carbocycles. The summed E-state index contributed by atoms with van der Waals surface area (Å²) in [5, 5.41) is 5.36. The molecule has 3 fully saturated rings. The van der Waals surface area contributed by atoms with Gasteiger partial charge in [0.2, 0.25) is 5.91 Å². The van der Waals surface area contributed by atoms with Crippen LogP contribution in [0.5, 0.6) is 0 Å². The molecule has 9 nitrogen and oxygen atoms in total. The molecule has 3 amide bonds. The van der Waals surface area contributed by atoms with Crippen LogP contribution in [0.2, 0.25) is 0 Å². The summed E-state index contributed by atoms with van der Waals surface area (Å²) < 4.78 is 44.2. The number of piperidine rings is 1. The van der Waals surface area contributed by atoms with E-state index in [1.54, 1.807) is 13.3 Å². The molecule has 3 aliphatic rings. The van der Waals surface area contributed by atoms with Gasteiger partial charge in [-0.1, -0.05) is 6.07 Å². The number of methoxy groups -OCH3 is 1. The van der Waals surface area contributed by atoms with Gasteiger partial charge in [-0.25, -0.2) is 0 Å². The number of halogens is 3. The lowest BCUT2D eigenvalue weighted by atomic mass is 9.83. The van der Waals surface area contributed by atoms with Crippen LogP contribution in [0.4, 0.5) is 13.2 Å². The van der Waals surface area contributed by atoms with Crippen molar-refractivity contribution >= 4 is 17.7 Å². The van der Waals surface area contributed by atoms with E-state index in [2.05, 4.69) is 20.5 Å². The standard InChI is InChI=1S/C32H40F3N5O4/c1-44-27-12-15-39(16-13-27)31(43)23-7-10-28(36-18-23)21-5-8-26(9-6-21)40-14-11-25(20-40)38-29(41)19-37-30(42)22-3-2-4-24(17-22)32(33,34)35/h2-4,7,10,17-18,21,25-27H,5-6,8-9,11-16,19-20H2,1H3,(H,37,42)(H,38,41)/t21?,25-,26?/m1/s1. The molecular weight excluding hydrogens is 575 g/mol. The van der Waals surface area contributed by atoms with Gasteiger partial charge in [0.25, 0.3) is 11.8 Å². The van der Waals surface area contributed by atoms with E-state index < -0.39 is 17.6 Å². The number of pyridine rings is 1.